The van der Waals surface area contributed by atoms with Gasteiger partial charge in [-0.05, 0) is 70.9 Å². The third kappa shape index (κ3) is 4.80. The fraction of sp³-hybridized carbons (Fsp3) is 0.500. The van der Waals surface area contributed by atoms with Gasteiger partial charge in [-0.15, -0.1) is 0 Å². The molecule has 1 fully saturated rings. The lowest BCUT2D eigenvalue weighted by Crippen LogP contribution is -2.44. The fourth-order valence-corrected chi connectivity index (χ4v) is 3.70. The lowest BCUT2D eigenvalue weighted by Gasteiger charge is -2.32. The molecule has 150 valence electrons. The molecule has 1 saturated heterocycles. The van der Waals surface area contributed by atoms with Gasteiger partial charge in [0.15, 0.2) is 0 Å². The number of piperidine rings is 1. The summed E-state index contributed by atoms with van der Waals surface area (Å²) in [5.41, 5.74) is 3.65. The fourth-order valence-electron chi connectivity index (χ4n) is 3.70. The maximum atomic E-state index is 13.0. The Morgan fingerprint density at radius 1 is 1.14 bits per heavy atom. The Labute approximate surface area is 167 Å². The summed E-state index contributed by atoms with van der Waals surface area (Å²) in [6, 6.07) is 10.2. The van der Waals surface area contributed by atoms with E-state index in [2.05, 4.69) is 28.7 Å². The van der Waals surface area contributed by atoms with Crippen LogP contribution in [-0.4, -0.2) is 53.1 Å². The third-order valence-corrected chi connectivity index (χ3v) is 5.14. The Morgan fingerprint density at radius 2 is 1.79 bits per heavy atom. The standard InChI is InChI=1S/C22H30N4O2/c1-5-25(6-2)19-11-9-18(10-12-19)21(27)26-13-7-8-20(15-26)28-22-23-16(3)14-17(4)24-22/h9-12,14,20H,5-8,13,15H2,1-4H3. The van der Waals surface area contributed by atoms with E-state index >= 15 is 0 Å². The number of carbonyl (C=O) groups is 1. The topological polar surface area (TPSA) is 58.6 Å². The molecule has 2 heterocycles. The summed E-state index contributed by atoms with van der Waals surface area (Å²) in [7, 11) is 0. The van der Waals surface area contributed by atoms with Crippen molar-refractivity contribution in [3.63, 3.8) is 0 Å². The number of anilines is 1. The average molecular weight is 383 g/mol. The van der Waals surface area contributed by atoms with Gasteiger partial charge in [-0.1, -0.05) is 0 Å². The van der Waals surface area contributed by atoms with E-state index in [0.29, 0.717) is 12.6 Å². The Kier molecular flexibility index (Phi) is 6.49. The zero-order chi connectivity index (χ0) is 20.1. The summed E-state index contributed by atoms with van der Waals surface area (Å²) in [6.45, 7) is 11.4. The van der Waals surface area contributed by atoms with E-state index in [1.807, 2.05) is 49.1 Å². The van der Waals surface area contributed by atoms with Crippen molar-refractivity contribution in [2.45, 2.75) is 46.6 Å². The first-order valence-corrected chi connectivity index (χ1v) is 10.1. The first-order valence-electron chi connectivity index (χ1n) is 10.1. The molecule has 3 rings (SSSR count). The van der Waals surface area contributed by atoms with Crippen LogP contribution in [0.4, 0.5) is 5.69 Å². The molecule has 1 unspecified atom stereocenters. The molecule has 1 aromatic carbocycles. The van der Waals surface area contributed by atoms with Gasteiger partial charge < -0.3 is 14.5 Å². The van der Waals surface area contributed by atoms with Crippen LogP contribution in [0.1, 0.15) is 48.4 Å². The second-order valence-electron chi connectivity index (χ2n) is 7.29. The van der Waals surface area contributed by atoms with E-state index in [4.69, 9.17) is 4.74 Å². The number of hydrogen-bond donors (Lipinski definition) is 0. The number of aromatic nitrogens is 2. The van der Waals surface area contributed by atoms with E-state index in [1.165, 1.54) is 0 Å². The summed E-state index contributed by atoms with van der Waals surface area (Å²) < 4.78 is 5.99. The number of ether oxygens (including phenoxy) is 1. The lowest BCUT2D eigenvalue weighted by atomic mass is 10.1. The molecule has 0 N–H and O–H groups in total. The maximum absolute atomic E-state index is 13.0. The number of carbonyl (C=O) groups excluding carboxylic acids is 1. The summed E-state index contributed by atoms with van der Waals surface area (Å²) >= 11 is 0. The Balaban J connectivity index is 1.65. The Hall–Kier alpha value is -2.63. The monoisotopic (exact) mass is 382 g/mol. The van der Waals surface area contributed by atoms with Crippen LogP contribution in [0.3, 0.4) is 0 Å². The SMILES string of the molecule is CCN(CC)c1ccc(C(=O)N2CCCC(Oc3nc(C)cc(C)n3)C2)cc1. The highest BCUT2D eigenvalue weighted by Crippen LogP contribution is 2.20. The minimum absolute atomic E-state index is 0.0562. The molecule has 0 spiro atoms. The molecular weight excluding hydrogens is 352 g/mol. The minimum Gasteiger partial charge on any atom is -0.458 e. The van der Waals surface area contributed by atoms with Gasteiger partial charge in [0.1, 0.15) is 6.10 Å². The average Bonchev–Trinajstić information content (AvgIpc) is 2.68. The number of likely N-dealkylation sites (tertiary alicyclic amines) is 1. The van der Waals surface area contributed by atoms with Crippen LogP contribution in [-0.2, 0) is 0 Å². The lowest BCUT2D eigenvalue weighted by molar-refractivity contribution is 0.0515. The first kappa shape index (κ1) is 20.1. The van der Waals surface area contributed by atoms with Crippen molar-refractivity contribution in [1.82, 2.24) is 14.9 Å². The Morgan fingerprint density at radius 3 is 2.39 bits per heavy atom. The molecule has 6 heteroatoms. The zero-order valence-electron chi connectivity index (χ0n) is 17.3. The van der Waals surface area contributed by atoms with E-state index in [1.54, 1.807) is 0 Å². The molecule has 6 nitrogen and oxygen atoms in total. The molecule has 28 heavy (non-hydrogen) atoms. The van der Waals surface area contributed by atoms with E-state index < -0.39 is 0 Å². The summed E-state index contributed by atoms with van der Waals surface area (Å²) in [4.78, 5) is 25.8. The maximum Gasteiger partial charge on any atom is 0.317 e. The molecule has 2 aromatic rings. The number of amides is 1. The van der Waals surface area contributed by atoms with Crippen LogP contribution >= 0.6 is 0 Å². The van der Waals surface area contributed by atoms with E-state index in [0.717, 1.165) is 55.1 Å². The van der Waals surface area contributed by atoms with E-state index in [9.17, 15) is 4.79 Å². The van der Waals surface area contributed by atoms with Crippen molar-refractivity contribution >= 4 is 11.6 Å². The van der Waals surface area contributed by atoms with Gasteiger partial charge in [0.2, 0.25) is 0 Å². The van der Waals surface area contributed by atoms with Crippen LogP contribution in [0, 0.1) is 13.8 Å². The number of aryl methyl sites for hydroxylation is 2. The van der Waals surface area contributed by atoms with Crippen molar-refractivity contribution in [2.24, 2.45) is 0 Å². The largest absolute Gasteiger partial charge is 0.458 e. The second kappa shape index (κ2) is 9.04. The van der Waals surface area contributed by atoms with Crippen LogP contribution < -0.4 is 9.64 Å². The normalized spacial score (nSPS) is 16.7. The van der Waals surface area contributed by atoms with E-state index in [-0.39, 0.29) is 12.0 Å². The van der Waals surface area contributed by atoms with Crippen molar-refractivity contribution in [3.8, 4) is 6.01 Å². The number of nitrogens with zero attached hydrogens (tertiary/aromatic N) is 4. The molecule has 1 aliphatic heterocycles. The summed E-state index contributed by atoms with van der Waals surface area (Å²) in [5, 5.41) is 0. The first-order chi connectivity index (χ1) is 13.5. The van der Waals surface area contributed by atoms with Gasteiger partial charge in [-0.25, -0.2) is 9.97 Å². The quantitative estimate of drug-likeness (QED) is 0.764. The molecule has 0 bridgehead atoms. The van der Waals surface area contributed by atoms with Crippen LogP contribution in [0.25, 0.3) is 0 Å². The molecule has 1 aliphatic rings. The van der Waals surface area contributed by atoms with Crippen molar-refractivity contribution in [3.05, 3.63) is 47.3 Å². The Bertz CT molecular complexity index is 782. The zero-order valence-corrected chi connectivity index (χ0v) is 17.3. The number of benzene rings is 1. The molecule has 1 aromatic heterocycles. The number of rotatable bonds is 6. The van der Waals surface area contributed by atoms with Crippen LogP contribution in [0.15, 0.2) is 30.3 Å². The van der Waals surface area contributed by atoms with Gasteiger partial charge in [-0.3, -0.25) is 4.79 Å². The van der Waals surface area contributed by atoms with Crippen molar-refractivity contribution in [1.29, 1.82) is 0 Å². The molecule has 0 aliphatic carbocycles. The number of hydrogen-bond acceptors (Lipinski definition) is 5. The molecule has 0 saturated carbocycles. The van der Waals surface area contributed by atoms with Gasteiger partial charge in [0, 0.05) is 42.3 Å². The van der Waals surface area contributed by atoms with Crippen molar-refractivity contribution < 1.29 is 9.53 Å². The predicted molar refractivity (Wildman–Crippen MR) is 111 cm³/mol. The van der Waals surface area contributed by atoms with Gasteiger partial charge in [0.05, 0.1) is 6.54 Å². The second-order valence-corrected chi connectivity index (χ2v) is 7.29. The van der Waals surface area contributed by atoms with Crippen LogP contribution in [0.2, 0.25) is 0 Å². The van der Waals surface area contributed by atoms with Gasteiger partial charge in [-0.2, -0.15) is 0 Å². The molecular formula is C22H30N4O2. The molecule has 1 amide bonds. The van der Waals surface area contributed by atoms with Gasteiger partial charge >= 0.3 is 6.01 Å². The van der Waals surface area contributed by atoms with Gasteiger partial charge in [0.25, 0.3) is 5.91 Å². The van der Waals surface area contributed by atoms with Crippen molar-refractivity contribution in [2.75, 3.05) is 31.1 Å². The highest BCUT2D eigenvalue weighted by molar-refractivity contribution is 5.94. The summed E-state index contributed by atoms with van der Waals surface area (Å²) in [6.07, 6.45) is 1.74. The highest BCUT2D eigenvalue weighted by Gasteiger charge is 2.26. The highest BCUT2D eigenvalue weighted by atomic mass is 16.5. The smallest absolute Gasteiger partial charge is 0.317 e. The van der Waals surface area contributed by atoms with Crippen LogP contribution in [0.5, 0.6) is 6.01 Å². The third-order valence-electron chi connectivity index (χ3n) is 5.14. The minimum atomic E-state index is -0.0751. The predicted octanol–water partition coefficient (Wildman–Crippen LogP) is 3.62. The molecule has 1 atom stereocenters. The molecule has 0 radical (unpaired) electrons. The summed E-state index contributed by atoms with van der Waals surface area (Å²) in [5.74, 6) is 0.0562.